The summed E-state index contributed by atoms with van der Waals surface area (Å²) in [4.78, 5) is 30.2. The van der Waals surface area contributed by atoms with Gasteiger partial charge in [0.15, 0.2) is 6.29 Å². The van der Waals surface area contributed by atoms with E-state index in [1.165, 1.54) is 11.4 Å². The molecule has 10 heteroatoms. The average Bonchev–Trinajstić information content (AvgIpc) is 3.25. The number of aliphatic hydroxyl groups is 1. The number of carbonyl (C=O) groups excluding carboxylic acids is 2. The van der Waals surface area contributed by atoms with Crippen LogP contribution < -0.4 is 20.8 Å². The number of ether oxygens (including phenoxy) is 1. The lowest BCUT2D eigenvalue weighted by Crippen LogP contribution is -2.60. The summed E-state index contributed by atoms with van der Waals surface area (Å²) in [7, 11) is 0. The second-order valence-electron chi connectivity index (χ2n) is 9.45. The normalized spacial score (nSPS) is 25.5. The highest BCUT2D eigenvalue weighted by molar-refractivity contribution is 6.34. The van der Waals surface area contributed by atoms with Gasteiger partial charge in [-0.2, -0.15) is 0 Å². The van der Waals surface area contributed by atoms with Crippen molar-refractivity contribution in [1.82, 2.24) is 21.1 Å². The zero-order valence-electron chi connectivity index (χ0n) is 19.0. The first-order chi connectivity index (χ1) is 16.4. The van der Waals surface area contributed by atoms with Gasteiger partial charge < -0.3 is 15.2 Å². The highest BCUT2D eigenvalue weighted by Gasteiger charge is 2.39. The summed E-state index contributed by atoms with van der Waals surface area (Å²) in [5, 5.41) is 18.2. The Hall–Kier alpha value is -2.62. The SMILES string of the molecule is O=C(NCC1(O)CCC1)c1c(Cl)cccc1OCC1CC(=O)N2NC(C3=CCCCC3)=NC2N1. The number of nitrogens with zero attached hydrogens (tertiary/aromatic N) is 2. The number of amides is 2. The van der Waals surface area contributed by atoms with Crippen molar-refractivity contribution in [3.8, 4) is 5.75 Å². The van der Waals surface area contributed by atoms with Crippen molar-refractivity contribution in [3.63, 3.8) is 0 Å². The molecule has 2 aliphatic carbocycles. The van der Waals surface area contributed by atoms with E-state index in [0.717, 1.165) is 37.1 Å². The summed E-state index contributed by atoms with van der Waals surface area (Å²) >= 11 is 6.32. The Morgan fingerprint density at radius 2 is 2.18 bits per heavy atom. The summed E-state index contributed by atoms with van der Waals surface area (Å²) in [5.74, 6) is 0.637. The number of allylic oxidation sites excluding steroid dienone is 1. The zero-order chi connectivity index (χ0) is 23.7. The van der Waals surface area contributed by atoms with Gasteiger partial charge in [-0.15, -0.1) is 0 Å². The van der Waals surface area contributed by atoms with Crippen LogP contribution in [-0.2, 0) is 4.79 Å². The van der Waals surface area contributed by atoms with Gasteiger partial charge in [-0.1, -0.05) is 23.7 Å². The van der Waals surface area contributed by atoms with Gasteiger partial charge in [-0.05, 0) is 62.7 Å². The van der Waals surface area contributed by atoms with Gasteiger partial charge in [0.2, 0.25) is 5.91 Å². The third-order valence-corrected chi connectivity index (χ3v) is 7.21. The average molecular weight is 488 g/mol. The highest BCUT2D eigenvalue weighted by Crippen LogP contribution is 2.32. The molecule has 2 aliphatic heterocycles. The first kappa shape index (κ1) is 23.1. The molecule has 2 fully saturated rings. The predicted octanol–water partition coefficient (Wildman–Crippen LogP) is 2.25. The summed E-state index contributed by atoms with van der Waals surface area (Å²) in [5.41, 5.74) is 3.69. The van der Waals surface area contributed by atoms with Crippen LogP contribution in [0, 0.1) is 0 Å². The van der Waals surface area contributed by atoms with Crippen LogP contribution in [0.2, 0.25) is 5.02 Å². The molecule has 182 valence electrons. The summed E-state index contributed by atoms with van der Waals surface area (Å²) in [6.45, 7) is 0.352. The molecule has 9 nitrogen and oxygen atoms in total. The van der Waals surface area contributed by atoms with Crippen LogP contribution in [0.25, 0.3) is 0 Å². The smallest absolute Gasteiger partial charge is 0.256 e. The lowest BCUT2D eigenvalue weighted by Gasteiger charge is -2.36. The second-order valence-corrected chi connectivity index (χ2v) is 9.86. The summed E-state index contributed by atoms with van der Waals surface area (Å²) in [6.07, 6.45) is 8.56. The molecule has 2 amide bonds. The van der Waals surface area contributed by atoms with Crippen LogP contribution in [0.15, 0.2) is 34.8 Å². The molecular weight excluding hydrogens is 458 g/mol. The molecule has 34 heavy (non-hydrogen) atoms. The largest absolute Gasteiger partial charge is 0.491 e. The molecule has 5 rings (SSSR count). The Labute approximate surface area is 203 Å². The highest BCUT2D eigenvalue weighted by atomic mass is 35.5. The topological polar surface area (TPSA) is 115 Å². The van der Waals surface area contributed by atoms with Crippen LogP contribution in [-0.4, -0.2) is 58.8 Å². The van der Waals surface area contributed by atoms with E-state index >= 15 is 0 Å². The van der Waals surface area contributed by atoms with Crippen LogP contribution >= 0.6 is 11.6 Å². The molecule has 2 atom stereocenters. The molecule has 1 aromatic rings. The lowest BCUT2D eigenvalue weighted by molar-refractivity contribution is -0.140. The van der Waals surface area contributed by atoms with Gasteiger partial charge in [0.05, 0.1) is 22.2 Å². The Bertz CT molecular complexity index is 1040. The number of benzene rings is 1. The Kier molecular flexibility index (Phi) is 6.50. The number of fused-ring (bicyclic) bond motifs is 1. The van der Waals surface area contributed by atoms with E-state index in [4.69, 9.17) is 16.3 Å². The molecule has 4 aliphatic rings. The molecule has 1 saturated carbocycles. The number of amidine groups is 1. The molecule has 4 N–H and O–H groups in total. The van der Waals surface area contributed by atoms with E-state index in [0.29, 0.717) is 18.6 Å². The standard InChI is InChI=1S/C24H30ClN5O4/c25-17-8-4-9-18(20(17)22(32)26-14-24(33)10-5-11-24)34-13-16-12-19(31)30-23(27-16)28-21(29-30)15-6-2-1-3-7-15/h4,6,8-9,16,23,27,33H,1-3,5,7,10-14H2,(H,26,32)(H,28,29). The van der Waals surface area contributed by atoms with Crippen LogP contribution in [0.1, 0.15) is 61.7 Å². The Morgan fingerprint density at radius 1 is 1.32 bits per heavy atom. The quantitative estimate of drug-likeness (QED) is 0.469. The van der Waals surface area contributed by atoms with Gasteiger partial charge in [0.1, 0.15) is 18.2 Å². The number of halogens is 1. The first-order valence-corrected chi connectivity index (χ1v) is 12.3. The molecule has 1 aromatic carbocycles. The van der Waals surface area contributed by atoms with Crippen LogP contribution in [0.4, 0.5) is 0 Å². The van der Waals surface area contributed by atoms with E-state index in [1.807, 2.05) is 0 Å². The molecule has 0 spiro atoms. The first-order valence-electron chi connectivity index (χ1n) is 12.0. The Balaban J connectivity index is 1.22. The van der Waals surface area contributed by atoms with Crippen molar-refractivity contribution >= 4 is 29.3 Å². The predicted molar refractivity (Wildman–Crippen MR) is 127 cm³/mol. The molecule has 0 bridgehead atoms. The van der Waals surface area contributed by atoms with Crippen molar-refractivity contribution in [1.29, 1.82) is 0 Å². The minimum Gasteiger partial charge on any atom is -0.491 e. The van der Waals surface area contributed by atoms with Gasteiger partial charge in [0, 0.05) is 13.0 Å². The maximum absolute atomic E-state index is 12.8. The molecule has 0 radical (unpaired) electrons. The molecular formula is C24H30ClN5O4. The van der Waals surface area contributed by atoms with E-state index in [-0.39, 0.29) is 42.1 Å². The molecule has 2 heterocycles. The van der Waals surface area contributed by atoms with E-state index in [9.17, 15) is 14.7 Å². The fraction of sp³-hybridized carbons (Fsp3) is 0.542. The molecule has 0 aromatic heterocycles. The zero-order valence-corrected chi connectivity index (χ0v) is 19.7. The molecule has 2 unspecified atom stereocenters. The fourth-order valence-corrected chi connectivity index (χ4v) is 4.97. The lowest BCUT2D eigenvalue weighted by atomic mass is 9.80. The molecule has 1 saturated heterocycles. The minimum absolute atomic E-state index is 0.0645. The van der Waals surface area contributed by atoms with E-state index in [2.05, 4.69) is 27.1 Å². The number of aliphatic imine (C=N–C) groups is 1. The minimum atomic E-state index is -0.835. The number of hydrogen-bond donors (Lipinski definition) is 4. The second kappa shape index (κ2) is 9.56. The van der Waals surface area contributed by atoms with Crippen molar-refractivity contribution < 1.29 is 19.4 Å². The number of hydrogen-bond acceptors (Lipinski definition) is 7. The van der Waals surface area contributed by atoms with E-state index in [1.54, 1.807) is 18.2 Å². The van der Waals surface area contributed by atoms with Gasteiger partial charge >= 0.3 is 0 Å². The number of nitrogens with one attached hydrogen (secondary N) is 3. The van der Waals surface area contributed by atoms with Crippen molar-refractivity contribution in [2.24, 2.45) is 4.99 Å². The summed E-state index contributed by atoms with van der Waals surface area (Å²) < 4.78 is 5.97. The summed E-state index contributed by atoms with van der Waals surface area (Å²) in [6, 6.07) is 4.75. The van der Waals surface area contributed by atoms with Crippen LogP contribution in [0.3, 0.4) is 0 Å². The number of rotatable bonds is 7. The van der Waals surface area contributed by atoms with Crippen LogP contribution in [0.5, 0.6) is 5.75 Å². The maximum atomic E-state index is 12.8. The monoisotopic (exact) mass is 487 g/mol. The van der Waals surface area contributed by atoms with Crippen molar-refractivity contribution in [2.45, 2.75) is 69.3 Å². The maximum Gasteiger partial charge on any atom is 0.256 e. The number of carbonyl (C=O) groups is 2. The third kappa shape index (κ3) is 4.78. The van der Waals surface area contributed by atoms with Gasteiger partial charge in [-0.25, -0.2) is 10.0 Å². The van der Waals surface area contributed by atoms with Crippen molar-refractivity contribution in [2.75, 3.05) is 13.2 Å². The fourth-order valence-electron chi connectivity index (χ4n) is 4.72. The van der Waals surface area contributed by atoms with Crippen molar-refractivity contribution in [3.05, 3.63) is 40.4 Å². The third-order valence-electron chi connectivity index (χ3n) is 6.90. The Morgan fingerprint density at radius 3 is 2.91 bits per heavy atom. The van der Waals surface area contributed by atoms with Gasteiger partial charge in [-0.3, -0.25) is 20.3 Å². The number of hydrazine groups is 1. The van der Waals surface area contributed by atoms with Gasteiger partial charge in [0.25, 0.3) is 5.91 Å². The van der Waals surface area contributed by atoms with E-state index < -0.39 is 17.8 Å².